The number of carbonyl (C=O) groups excluding carboxylic acids is 3. The number of aryl methyl sites for hydroxylation is 3. The summed E-state index contributed by atoms with van der Waals surface area (Å²) in [4.78, 5) is 48.0. The molecular formula is C33H44N4O5. The molecule has 3 amide bonds. The first-order valence-electron chi connectivity index (χ1n) is 15.4. The van der Waals surface area contributed by atoms with Crippen molar-refractivity contribution in [2.45, 2.75) is 70.3 Å². The number of aromatic nitrogens is 1. The highest BCUT2D eigenvalue weighted by Gasteiger charge is 2.43. The Morgan fingerprint density at radius 3 is 2.71 bits per heavy atom. The molecule has 4 heterocycles. The van der Waals surface area contributed by atoms with Gasteiger partial charge in [-0.2, -0.15) is 0 Å². The molecule has 3 atom stereocenters. The largest absolute Gasteiger partial charge is 0.493 e. The molecule has 1 N–H and O–H groups in total. The van der Waals surface area contributed by atoms with Gasteiger partial charge in [-0.3, -0.25) is 19.4 Å². The Labute approximate surface area is 249 Å². The highest BCUT2D eigenvalue weighted by atomic mass is 16.5. The molecule has 3 aliphatic heterocycles. The Morgan fingerprint density at radius 1 is 1.05 bits per heavy atom. The van der Waals surface area contributed by atoms with Gasteiger partial charge in [-0.15, -0.1) is 0 Å². The molecule has 0 aliphatic carbocycles. The van der Waals surface area contributed by atoms with Crippen LogP contribution in [0, 0.1) is 11.8 Å². The number of hydrogen-bond donors (Lipinski definition) is 1. The summed E-state index contributed by atoms with van der Waals surface area (Å²) in [6.07, 6.45) is 10.2. The fraction of sp³-hybridized carbons (Fsp3) is 0.576. The Bertz CT molecular complexity index is 1250. The molecule has 2 fully saturated rings. The number of hydrogen-bond acceptors (Lipinski definition) is 6. The highest BCUT2D eigenvalue weighted by molar-refractivity contribution is 5.78. The van der Waals surface area contributed by atoms with E-state index < -0.39 is 0 Å². The molecule has 2 saturated heterocycles. The number of fused-ring (bicyclic) bond motifs is 6. The van der Waals surface area contributed by atoms with Crippen molar-refractivity contribution in [3.8, 4) is 11.5 Å². The fourth-order valence-electron chi connectivity index (χ4n) is 7.06. The third-order valence-electron chi connectivity index (χ3n) is 9.08. The first-order valence-corrected chi connectivity index (χ1v) is 15.4. The summed E-state index contributed by atoms with van der Waals surface area (Å²) in [7, 11) is 3.27. The maximum atomic E-state index is 13.8. The zero-order valence-electron chi connectivity index (χ0n) is 25.0. The van der Waals surface area contributed by atoms with E-state index in [0.717, 1.165) is 48.8 Å². The van der Waals surface area contributed by atoms with Gasteiger partial charge < -0.3 is 24.6 Å². The number of likely N-dealkylation sites (tertiary alicyclic amines) is 1. The van der Waals surface area contributed by atoms with Crippen LogP contribution in [0.1, 0.15) is 61.6 Å². The molecule has 9 heteroatoms. The van der Waals surface area contributed by atoms with Gasteiger partial charge in [-0.05, 0) is 85.6 Å². The van der Waals surface area contributed by atoms with Crippen LogP contribution in [-0.4, -0.2) is 78.9 Å². The average Bonchev–Trinajstić information content (AvgIpc) is 3.01. The second-order valence-electron chi connectivity index (χ2n) is 12.0. The Morgan fingerprint density at radius 2 is 1.93 bits per heavy atom. The minimum atomic E-state index is 0.0318. The first-order chi connectivity index (χ1) is 20.4. The van der Waals surface area contributed by atoms with Crippen molar-refractivity contribution in [2.24, 2.45) is 11.8 Å². The lowest BCUT2D eigenvalue weighted by atomic mass is 9.77. The lowest BCUT2D eigenvalue weighted by molar-refractivity contribution is -0.145. The quantitative estimate of drug-likeness (QED) is 0.584. The van der Waals surface area contributed by atoms with E-state index in [1.165, 1.54) is 0 Å². The van der Waals surface area contributed by atoms with Crippen LogP contribution in [0.15, 0.2) is 36.7 Å². The predicted octanol–water partition coefficient (Wildman–Crippen LogP) is 3.57. The van der Waals surface area contributed by atoms with Crippen LogP contribution in [-0.2, 0) is 33.6 Å². The van der Waals surface area contributed by atoms with E-state index >= 15 is 0 Å². The molecule has 1 aromatic carbocycles. The van der Waals surface area contributed by atoms with Gasteiger partial charge in [-0.1, -0.05) is 12.1 Å². The lowest BCUT2D eigenvalue weighted by Crippen LogP contribution is -2.60. The number of carbonyl (C=O) groups is 3. The molecule has 9 nitrogen and oxygen atoms in total. The van der Waals surface area contributed by atoms with E-state index in [0.29, 0.717) is 69.8 Å². The van der Waals surface area contributed by atoms with Gasteiger partial charge in [0.25, 0.3) is 0 Å². The maximum absolute atomic E-state index is 13.8. The number of rotatable bonds is 5. The topological polar surface area (TPSA) is 101 Å². The van der Waals surface area contributed by atoms with Crippen LogP contribution in [0.2, 0.25) is 0 Å². The molecule has 42 heavy (non-hydrogen) atoms. The van der Waals surface area contributed by atoms with Crippen LogP contribution >= 0.6 is 0 Å². The summed E-state index contributed by atoms with van der Waals surface area (Å²) < 4.78 is 11.3. The Hall–Kier alpha value is -3.62. The fourth-order valence-corrected chi connectivity index (χ4v) is 7.06. The minimum absolute atomic E-state index is 0.0318. The van der Waals surface area contributed by atoms with E-state index in [2.05, 4.69) is 21.3 Å². The second kappa shape index (κ2) is 14.0. The number of ether oxygens (including phenoxy) is 2. The number of benzene rings is 1. The van der Waals surface area contributed by atoms with Crippen molar-refractivity contribution < 1.29 is 23.9 Å². The van der Waals surface area contributed by atoms with Crippen molar-refractivity contribution in [1.29, 1.82) is 0 Å². The van der Waals surface area contributed by atoms with E-state index in [1.54, 1.807) is 20.4 Å². The Balaban J connectivity index is 1.31. The van der Waals surface area contributed by atoms with Gasteiger partial charge in [0.05, 0.1) is 14.2 Å². The molecule has 226 valence electrons. The summed E-state index contributed by atoms with van der Waals surface area (Å²) in [5, 5.41) is 3.06. The lowest BCUT2D eigenvalue weighted by Gasteiger charge is -2.51. The van der Waals surface area contributed by atoms with Crippen LogP contribution in [0.25, 0.3) is 0 Å². The third-order valence-corrected chi connectivity index (χ3v) is 9.08. The summed E-state index contributed by atoms with van der Waals surface area (Å²) in [6.45, 7) is 2.63. The number of nitrogens with one attached hydrogen (secondary N) is 1. The van der Waals surface area contributed by atoms with Gasteiger partial charge in [0, 0.05) is 63.9 Å². The van der Waals surface area contributed by atoms with Crippen molar-refractivity contribution in [1.82, 2.24) is 20.1 Å². The summed E-state index contributed by atoms with van der Waals surface area (Å²) in [5.41, 5.74) is 3.14. The van der Waals surface area contributed by atoms with E-state index in [1.807, 2.05) is 29.3 Å². The average molecular weight is 577 g/mol. The number of piperidine rings is 2. The molecule has 0 spiro atoms. The third kappa shape index (κ3) is 7.23. The number of amides is 3. The second-order valence-corrected chi connectivity index (χ2v) is 12.0. The van der Waals surface area contributed by atoms with Crippen LogP contribution in [0.4, 0.5) is 0 Å². The molecule has 5 rings (SSSR count). The molecule has 0 radical (unpaired) electrons. The predicted molar refractivity (Wildman–Crippen MR) is 159 cm³/mol. The summed E-state index contributed by atoms with van der Waals surface area (Å²) in [6, 6.07) is 8.02. The first kappa shape index (κ1) is 29.9. The molecule has 4 bridgehead atoms. The normalized spacial score (nSPS) is 23.5. The number of methoxy groups -OCH3 is 2. The van der Waals surface area contributed by atoms with Crippen molar-refractivity contribution in [3.63, 3.8) is 0 Å². The number of pyridine rings is 1. The Kier molecular flexibility index (Phi) is 9.97. The monoisotopic (exact) mass is 576 g/mol. The summed E-state index contributed by atoms with van der Waals surface area (Å²) in [5.74, 6) is 2.24. The number of nitrogens with zero attached hydrogens (tertiary/aromatic N) is 3. The van der Waals surface area contributed by atoms with Gasteiger partial charge >= 0.3 is 0 Å². The SMILES string of the molecule is COc1cc2cc(c1OC)CCCNC(=O)CCC[C@H]1[C@@H]3C[C@@H](CN(C(=O)CCc4cccnc4)C3)CN1C(=O)CC2. The zero-order chi connectivity index (χ0) is 29.5. The molecule has 3 aliphatic rings. The van der Waals surface area contributed by atoms with E-state index in [-0.39, 0.29) is 35.6 Å². The van der Waals surface area contributed by atoms with E-state index in [4.69, 9.17) is 9.47 Å². The van der Waals surface area contributed by atoms with Gasteiger partial charge in [0.15, 0.2) is 11.5 Å². The molecule has 0 unspecified atom stereocenters. The highest BCUT2D eigenvalue weighted by Crippen LogP contribution is 2.37. The smallest absolute Gasteiger partial charge is 0.223 e. The van der Waals surface area contributed by atoms with Crippen LogP contribution in [0.3, 0.4) is 0 Å². The van der Waals surface area contributed by atoms with Crippen molar-refractivity contribution >= 4 is 17.7 Å². The van der Waals surface area contributed by atoms with Gasteiger partial charge in [0.1, 0.15) is 0 Å². The van der Waals surface area contributed by atoms with Crippen LogP contribution in [0.5, 0.6) is 11.5 Å². The zero-order valence-corrected chi connectivity index (χ0v) is 25.0. The molecule has 0 saturated carbocycles. The molecule has 1 aromatic heterocycles. The molecule has 2 aromatic rings. The maximum Gasteiger partial charge on any atom is 0.223 e. The van der Waals surface area contributed by atoms with Crippen molar-refractivity contribution in [2.75, 3.05) is 40.4 Å². The van der Waals surface area contributed by atoms with E-state index in [9.17, 15) is 14.4 Å². The summed E-state index contributed by atoms with van der Waals surface area (Å²) >= 11 is 0. The molecular weight excluding hydrogens is 532 g/mol. The van der Waals surface area contributed by atoms with Gasteiger partial charge in [-0.25, -0.2) is 0 Å². The minimum Gasteiger partial charge on any atom is -0.493 e. The standard InChI is InChI=1S/C33H44N4O5/c1-41-29-18-24-11-13-32(40)37-21-25-17-27(22-36(20-25)31(39)12-10-23-6-4-14-34-19-23)28(37)8-3-9-30(38)35-15-5-7-26(16-24)33(29)42-2/h4,6,14,16,18-19,25,27-28H,3,5,7-13,15,17,20-22H2,1-2H3,(H,35,38)/t25-,27+,28-/m0/s1. The van der Waals surface area contributed by atoms with Crippen LogP contribution < -0.4 is 14.8 Å². The van der Waals surface area contributed by atoms with Crippen molar-refractivity contribution in [3.05, 3.63) is 53.3 Å². The van der Waals surface area contributed by atoms with Gasteiger partial charge in [0.2, 0.25) is 17.7 Å².